The summed E-state index contributed by atoms with van der Waals surface area (Å²) in [5.74, 6) is 0. The van der Waals surface area contributed by atoms with Gasteiger partial charge in [0.2, 0.25) is 0 Å². The van der Waals surface area contributed by atoms with Crippen LogP contribution in [0.1, 0.15) is 20.8 Å². The first-order chi connectivity index (χ1) is 8.35. The van der Waals surface area contributed by atoms with Crippen LogP contribution in [0.5, 0.6) is 0 Å². The number of rotatable bonds is 5. The highest BCUT2D eigenvalue weighted by Crippen LogP contribution is 2.19. The number of hydrogen-bond donors (Lipinski definition) is 1. The predicted molar refractivity (Wildman–Crippen MR) is 73.3 cm³/mol. The number of nitrogens with zero attached hydrogens (tertiary/aromatic N) is 2. The lowest BCUT2D eigenvalue weighted by atomic mass is 9.97. The predicted octanol–water partition coefficient (Wildman–Crippen LogP) is 2.00. The smallest absolute Gasteiger partial charge is 0.287 e. The third-order valence-corrected chi connectivity index (χ3v) is 2.67. The molecule has 1 heterocycles. The molecule has 0 bridgehead atoms. The molecule has 0 spiro atoms. The molecule has 102 valence electrons. The molecule has 0 saturated carbocycles. The van der Waals surface area contributed by atoms with Crippen molar-refractivity contribution in [1.29, 1.82) is 0 Å². The zero-order chi connectivity index (χ0) is 13.8. The number of anilines is 1. The van der Waals surface area contributed by atoms with Crippen molar-refractivity contribution in [2.24, 2.45) is 5.41 Å². The lowest BCUT2D eigenvalue weighted by Crippen LogP contribution is -2.27. The van der Waals surface area contributed by atoms with Crippen LogP contribution >= 0.6 is 11.6 Å². The highest BCUT2D eigenvalue weighted by molar-refractivity contribution is 6.32. The van der Waals surface area contributed by atoms with Crippen LogP contribution in [0.4, 0.5) is 5.69 Å². The van der Waals surface area contributed by atoms with E-state index in [-0.39, 0.29) is 16.0 Å². The fourth-order valence-corrected chi connectivity index (χ4v) is 1.50. The number of aromatic nitrogens is 2. The van der Waals surface area contributed by atoms with Gasteiger partial charge in [0.1, 0.15) is 5.02 Å². The lowest BCUT2D eigenvalue weighted by molar-refractivity contribution is 0.182. The minimum Gasteiger partial charge on any atom is -0.383 e. The van der Waals surface area contributed by atoms with Gasteiger partial charge in [-0.25, -0.2) is 4.68 Å². The van der Waals surface area contributed by atoms with Crippen molar-refractivity contribution >= 4 is 17.3 Å². The van der Waals surface area contributed by atoms with Crippen molar-refractivity contribution in [2.75, 3.05) is 25.6 Å². The van der Waals surface area contributed by atoms with Gasteiger partial charge in [-0.3, -0.25) is 4.79 Å². The van der Waals surface area contributed by atoms with E-state index in [9.17, 15) is 4.79 Å². The maximum atomic E-state index is 11.9. The molecule has 0 aromatic carbocycles. The molecule has 0 amide bonds. The number of ether oxygens (including phenoxy) is 1. The van der Waals surface area contributed by atoms with E-state index in [1.165, 1.54) is 4.68 Å². The molecule has 5 nitrogen and oxygen atoms in total. The molecule has 6 heteroatoms. The summed E-state index contributed by atoms with van der Waals surface area (Å²) in [5.41, 5.74) is 0.381. The first-order valence-corrected chi connectivity index (χ1v) is 6.21. The van der Waals surface area contributed by atoms with Gasteiger partial charge in [-0.1, -0.05) is 32.4 Å². The van der Waals surface area contributed by atoms with Crippen molar-refractivity contribution in [1.82, 2.24) is 9.78 Å². The van der Waals surface area contributed by atoms with Crippen LogP contribution < -0.4 is 10.9 Å². The van der Waals surface area contributed by atoms with Crippen LogP contribution in [0.25, 0.3) is 0 Å². The molecule has 0 unspecified atom stereocenters. The maximum absolute atomic E-state index is 11.9. The van der Waals surface area contributed by atoms with Gasteiger partial charge in [0.25, 0.3) is 5.56 Å². The molecule has 0 atom stereocenters. The van der Waals surface area contributed by atoms with Crippen molar-refractivity contribution in [3.8, 4) is 0 Å². The lowest BCUT2D eigenvalue weighted by Gasteiger charge is -2.20. The first kappa shape index (κ1) is 15.0. The molecular formula is C12H20ClN3O2. The van der Waals surface area contributed by atoms with E-state index >= 15 is 0 Å². The Balaban J connectivity index is 2.84. The Morgan fingerprint density at radius 2 is 2.17 bits per heavy atom. The fraction of sp³-hybridized carbons (Fsp3) is 0.667. The third-order valence-electron chi connectivity index (χ3n) is 2.30. The van der Waals surface area contributed by atoms with Crippen LogP contribution in [0.2, 0.25) is 5.02 Å². The minimum absolute atomic E-state index is 0.105. The molecule has 1 aromatic rings. The van der Waals surface area contributed by atoms with Crippen molar-refractivity contribution in [2.45, 2.75) is 27.3 Å². The molecule has 18 heavy (non-hydrogen) atoms. The van der Waals surface area contributed by atoms with E-state index in [1.54, 1.807) is 13.3 Å². The molecule has 0 fully saturated rings. The SMILES string of the molecule is COCCn1ncc(NCC(C)(C)C)c(Cl)c1=O. The molecule has 1 N–H and O–H groups in total. The van der Waals surface area contributed by atoms with E-state index in [0.29, 0.717) is 18.8 Å². The summed E-state index contributed by atoms with van der Waals surface area (Å²) in [7, 11) is 1.58. The second-order valence-corrected chi connectivity index (χ2v) is 5.69. The van der Waals surface area contributed by atoms with Gasteiger partial charge in [-0.15, -0.1) is 0 Å². The summed E-state index contributed by atoms with van der Waals surface area (Å²) in [6, 6.07) is 0. The minimum atomic E-state index is -0.298. The Hall–Kier alpha value is -1.07. The second-order valence-electron chi connectivity index (χ2n) is 5.31. The van der Waals surface area contributed by atoms with Crippen molar-refractivity contribution < 1.29 is 4.74 Å². The highest BCUT2D eigenvalue weighted by atomic mass is 35.5. The van der Waals surface area contributed by atoms with Crippen LogP contribution in [0, 0.1) is 5.41 Å². The summed E-state index contributed by atoms with van der Waals surface area (Å²) in [6.07, 6.45) is 1.57. The van der Waals surface area contributed by atoms with E-state index in [0.717, 1.165) is 6.54 Å². The van der Waals surface area contributed by atoms with Crippen LogP contribution in [0.15, 0.2) is 11.0 Å². The van der Waals surface area contributed by atoms with Crippen LogP contribution in [-0.2, 0) is 11.3 Å². The van der Waals surface area contributed by atoms with Gasteiger partial charge < -0.3 is 10.1 Å². The number of hydrogen-bond acceptors (Lipinski definition) is 4. The van der Waals surface area contributed by atoms with Crippen LogP contribution in [0.3, 0.4) is 0 Å². The number of halogens is 1. The Kier molecular flexibility index (Phi) is 5.16. The molecule has 0 radical (unpaired) electrons. The monoisotopic (exact) mass is 273 g/mol. The first-order valence-electron chi connectivity index (χ1n) is 5.83. The second kappa shape index (κ2) is 6.20. The van der Waals surface area contributed by atoms with Crippen LogP contribution in [-0.4, -0.2) is 30.0 Å². The largest absolute Gasteiger partial charge is 0.383 e. The molecule has 1 rings (SSSR count). The highest BCUT2D eigenvalue weighted by Gasteiger charge is 2.13. The Bertz CT molecular complexity index is 452. The standard InChI is InChI=1S/C12H20ClN3O2/c1-12(2,3)8-14-9-7-15-16(5-6-18-4)11(17)10(9)13/h7,14H,5-6,8H2,1-4H3. The quantitative estimate of drug-likeness (QED) is 0.892. The normalized spacial score (nSPS) is 11.6. The average molecular weight is 274 g/mol. The van der Waals surface area contributed by atoms with Gasteiger partial charge >= 0.3 is 0 Å². The topological polar surface area (TPSA) is 56.1 Å². The molecule has 0 aliphatic carbocycles. The average Bonchev–Trinajstić information content (AvgIpc) is 2.28. The summed E-state index contributed by atoms with van der Waals surface area (Å²) >= 11 is 6.03. The number of methoxy groups -OCH3 is 1. The van der Waals surface area contributed by atoms with Gasteiger partial charge in [-0.2, -0.15) is 5.10 Å². The van der Waals surface area contributed by atoms with Gasteiger partial charge in [0, 0.05) is 13.7 Å². The molecule has 0 aliphatic rings. The van der Waals surface area contributed by atoms with E-state index in [4.69, 9.17) is 16.3 Å². The summed E-state index contributed by atoms with van der Waals surface area (Å²) in [4.78, 5) is 11.9. The van der Waals surface area contributed by atoms with E-state index in [2.05, 4.69) is 31.2 Å². The van der Waals surface area contributed by atoms with E-state index < -0.39 is 0 Å². The zero-order valence-corrected chi connectivity index (χ0v) is 12.0. The summed E-state index contributed by atoms with van der Waals surface area (Å²) in [6.45, 7) is 7.84. The van der Waals surface area contributed by atoms with Gasteiger partial charge in [0.05, 0.1) is 25.0 Å². The maximum Gasteiger partial charge on any atom is 0.287 e. The molecule has 0 saturated heterocycles. The Morgan fingerprint density at radius 1 is 1.50 bits per heavy atom. The van der Waals surface area contributed by atoms with Gasteiger partial charge in [-0.05, 0) is 5.41 Å². The van der Waals surface area contributed by atoms with E-state index in [1.807, 2.05) is 0 Å². The Morgan fingerprint density at radius 3 is 2.72 bits per heavy atom. The summed E-state index contributed by atoms with van der Waals surface area (Å²) in [5, 5.41) is 7.36. The number of nitrogens with one attached hydrogen (secondary N) is 1. The Labute approximate surface area is 112 Å². The molecular weight excluding hydrogens is 254 g/mol. The summed E-state index contributed by atoms with van der Waals surface area (Å²) < 4.78 is 6.20. The zero-order valence-electron chi connectivity index (χ0n) is 11.3. The van der Waals surface area contributed by atoms with Gasteiger partial charge in [0.15, 0.2) is 0 Å². The van der Waals surface area contributed by atoms with Crippen molar-refractivity contribution in [3.05, 3.63) is 21.6 Å². The third kappa shape index (κ3) is 4.31. The fourth-order valence-electron chi connectivity index (χ4n) is 1.29. The molecule has 1 aromatic heterocycles. The van der Waals surface area contributed by atoms with Crippen molar-refractivity contribution in [3.63, 3.8) is 0 Å². The molecule has 0 aliphatic heterocycles.